The van der Waals surface area contributed by atoms with Crippen LogP contribution < -0.4 is 4.72 Å². The molecule has 0 atom stereocenters. The summed E-state index contributed by atoms with van der Waals surface area (Å²) >= 11 is 9.18. The lowest BCUT2D eigenvalue weighted by atomic mass is 10.3. The van der Waals surface area contributed by atoms with Gasteiger partial charge in [-0.1, -0.05) is 18.5 Å². The second-order valence-electron chi connectivity index (χ2n) is 4.55. The van der Waals surface area contributed by atoms with Gasteiger partial charge in [0.15, 0.2) is 5.03 Å². The Balaban J connectivity index is 2.34. The fourth-order valence-corrected chi connectivity index (χ4v) is 3.58. The van der Waals surface area contributed by atoms with Crippen LogP contribution in [0.25, 0.3) is 0 Å². The smallest absolute Gasteiger partial charge is 0.280 e. The number of halogens is 2. The number of benzene rings is 1. The molecule has 0 fully saturated rings. The molecule has 0 saturated heterocycles. The predicted molar refractivity (Wildman–Crippen MR) is 87.2 cm³/mol. The minimum atomic E-state index is -3.74. The first-order valence-electron chi connectivity index (χ1n) is 6.35. The molecule has 0 aliphatic heterocycles. The van der Waals surface area contributed by atoms with Crippen molar-refractivity contribution in [2.75, 3.05) is 4.72 Å². The van der Waals surface area contributed by atoms with Crippen molar-refractivity contribution in [1.29, 1.82) is 0 Å². The van der Waals surface area contributed by atoms with E-state index in [1.807, 2.05) is 11.5 Å². The van der Waals surface area contributed by atoms with Crippen LogP contribution in [0.15, 0.2) is 33.9 Å². The van der Waals surface area contributed by atoms with E-state index in [1.165, 1.54) is 0 Å². The van der Waals surface area contributed by atoms with Gasteiger partial charge < -0.3 is 4.57 Å². The molecule has 1 aromatic heterocycles. The minimum Gasteiger partial charge on any atom is -0.334 e. The molecule has 2 aromatic rings. The van der Waals surface area contributed by atoms with Crippen LogP contribution in [-0.2, 0) is 16.6 Å². The molecule has 0 bridgehead atoms. The first-order valence-corrected chi connectivity index (χ1v) is 9.00. The van der Waals surface area contributed by atoms with Gasteiger partial charge in [-0.15, -0.1) is 0 Å². The van der Waals surface area contributed by atoms with E-state index in [1.54, 1.807) is 31.3 Å². The van der Waals surface area contributed by atoms with E-state index >= 15 is 0 Å². The number of sulfonamides is 1. The van der Waals surface area contributed by atoms with Gasteiger partial charge in [0.1, 0.15) is 5.82 Å². The lowest BCUT2D eigenvalue weighted by Crippen LogP contribution is -2.13. The molecule has 0 amide bonds. The molecule has 21 heavy (non-hydrogen) atoms. The van der Waals surface area contributed by atoms with Gasteiger partial charge in [-0.2, -0.15) is 8.42 Å². The van der Waals surface area contributed by atoms with E-state index in [0.717, 1.165) is 13.0 Å². The van der Waals surface area contributed by atoms with Gasteiger partial charge in [-0.05, 0) is 47.5 Å². The molecule has 1 aromatic carbocycles. The average Bonchev–Trinajstić information content (AvgIpc) is 2.77. The molecule has 2 rings (SSSR count). The Bertz CT molecular complexity index is 759. The van der Waals surface area contributed by atoms with Crippen molar-refractivity contribution in [3.8, 4) is 0 Å². The second kappa shape index (κ2) is 6.37. The highest BCUT2D eigenvalue weighted by molar-refractivity contribution is 9.10. The summed E-state index contributed by atoms with van der Waals surface area (Å²) in [5.74, 6) is 0.669. The van der Waals surface area contributed by atoms with E-state index in [0.29, 0.717) is 21.0 Å². The van der Waals surface area contributed by atoms with Gasteiger partial charge in [0.2, 0.25) is 0 Å². The second-order valence-corrected chi connectivity index (χ2v) is 7.47. The number of hydrogen-bond donors (Lipinski definition) is 1. The Morgan fingerprint density at radius 1 is 1.43 bits per heavy atom. The Morgan fingerprint density at radius 3 is 2.81 bits per heavy atom. The van der Waals surface area contributed by atoms with Crippen molar-refractivity contribution in [2.45, 2.75) is 31.8 Å². The molecular formula is C13H15BrClN3O2S. The highest BCUT2D eigenvalue weighted by Gasteiger charge is 2.20. The summed E-state index contributed by atoms with van der Waals surface area (Å²) in [4.78, 5) is 4.11. The summed E-state index contributed by atoms with van der Waals surface area (Å²) in [6, 6.07) is 4.89. The van der Waals surface area contributed by atoms with Crippen LogP contribution in [0.5, 0.6) is 0 Å². The van der Waals surface area contributed by atoms with Crippen LogP contribution in [0.4, 0.5) is 5.69 Å². The zero-order chi connectivity index (χ0) is 15.6. The molecule has 5 nitrogen and oxygen atoms in total. The van der Waals surface area contributed by atoms with Crippen molar-refractivity contribution in [3.63, 3.8) is 0 Å². The lowest BCUT2D eigenvalue weighted by Gasteiger charge is -2.08. The number of hydrogen-bond acceptors (Lipinski definition) is 3. The van der Waals surface area contributed by atoms with Gasteiger partial charge in [-0.3, -0.25) is 4.72 Å². The Labute approximate surface area is 137 Å². The monoisotopic (exact) mass is 391 g/mol. The van der Waals surface area contributed by atoms with E-state index in [4.69, 9.17) is 11.6 Å². The lowest BCUT2D eigenvalue weighted by molar-refractivity contribution is 0.597. The van der Waals surface area contributed by atoms with E-state index in [-0.39, 0.29) is 5.03 Å². The number of nitrogens with one attached hydrogen (secondary N) is 1. The Morgan fingerprint density at radius 2 is 2.14 bits per heavy atom. The van der Waals surface area contributed by atoms with Gasteiger partial charge >= 0.3 is 0 Å². The van der Waals surface area contributed by atoms with Crippen molar-refractivity contribution < 1.29 is 8.42 Å². The maximum atomic E-state index is 12.4. The third kappa shape index (κ3) is 3.78. The number of aromatic nitrogens is 2. The SMILES string of the molecule is CCCn1cc(S(=O)(=O)Nc2cc(Cl)ccc2Br)nc1C. The van der Waals surface area contributed by atoms with Gasteiger partial charge in [-0.25, -0.2) is 4.98 Å². The van der Waals surface area contributed by atoms with Gasteiger partial charge in [0.05, 0.1) is 5.69 Å². The van der Waals surface area contributed by atoms with Crippen LogP contribution in [0.2, 0.25) is 5.02 Å². The standard InChI is InChI=1S/C13H15BrClN3O2S/c1-3-6-18-8-13(16-9(18)2)21(19,20)17-12-7-10(15)4-5-11(12)14/h4-5,7-8,17H,3,6H2,1-2H3. The van der Waals surface area contributed by atoms with Crippen molar-refractivity contribution in [3.05, 3.63) is 39.7 Å². The third-order valence-corrected chi connectivity index (χ3v) is 5.03. The topological polar surface area (TPSA) is 64.0 Å². The van der Waals surface area contributed by atoms with Crippen LogP contribution in [0.3, 0.4) is 0 Å². The summed E-state index contributed by atoms with van der Waals surface area (Å²) in [5.41, 5.74) is 0.380. The molecule has 114 valence electrons. The number of rotatable bonds is 5. The van der Waals surface area contributed by atoms with E-state index in [2.05, 4.69) is 25.6 Å². The predicted octanol–water partition coefficient (Wildman–Crippen LogP) is 3.82. The Kier molecular flexibility index (Phi) is 4.95. The number of aryl methyl sites for hydroxylation is 2. The first kappa shape index (κ1) is 16.3. The molecule has 0 aliphatic carbocycles. The number of nitrogens with zero attached hydrogens (tertiary/aromatic N) is 2. The molecule has 0 aliphatic rings. The molecule has 0 saturated carbocycles. The first-order chi connectivity index (χ1) is 9.83. The summed E-state index contributed by atoms with van der Waals surface area (Å²) in [7, 11) is -3.74. The highest BCUT2D eigenvalue weighted by Crippen LogP contribution is 2.28. The zero-order valence-corrected chi connectivity index (χ0v) is 14.8. The highest BCUT2D eigenvalue weighted by atomic mass is 79.9. The van der Waals surface area contributed by atoms with Crippen LogP contribution in [0.1, 0.15) is 19.2 Å². The fraction of sp³-hybridized carbons (Fsp3) is 0.308. The maximum Gasteiger partial charge on any atom is 0.280 e. The normalized spacial score (nSPS) is 11.6. The molecule has 0 unspecified atom stereocenters. The van der Waals surface area contributed by atoms with Gasteiger partial charge in [0.25, 0.3) is 10.0 Å². The van der Waals surface area contributed by atoms with E-state index < -0.39 is 10.0 Å². The van der Waals surface area contributed by atoms with Crippen molar-refractivity contribution >= 4 is 43.2 Å². The van der Waals surface area contributed by atoms with Gasteiger partial charge in [0, 0.05) is 22.2 Å². The summed E-state index contributed by atoms with van der Waals surface area (Å²) in [6.07, 6.45) is 2.45. The zero-order valence-electron chi connectivity index (χ0n) is 11.6. The molecule has 0 spiro atoms. The van der Waals surface area contributed by atoms with Crippen LogP contribution >= 0.6 is 27.5 Å². The molecule has 8 heteroatoms. The largest absolute Gasteiger partial charge is 0.334 e. The summed E-state index contributed by atoms with van der Waals surface area (Å²) in [6.45, 7) is 4.54. The molecular weight excluding hydrogens is 378 g/mol. The maximum absolute atomic E-state index is 12.4. The van der Waals surface area contributed by atoms with Crippen molar-refractivity contribution in [1.82, 2.24) is 9.55 Å². The molecule has 1 heterocycles. The minimum absolute atomic E-state index is 0.000301. The molecule has 1 N–H and O–H groups in total. The fourth-order valence-electron chi connectivity index (χ4n) is 1.85. The van der Waals surface area contributed by atoms with Crippen LogP contribution in [0, 0.1) is 6.92 Å². The summed E-state index contributed by atoms with van der Waals surface area (Å²) in [5, 5.41) is 0.448. The van der Waals surface area contributed by atoms with Crippen molar-refractivity contribution in [2.24, 2.45) is 0 Å². The average molecular weight is 393 g/mol. The Hall–Kier alpha value is -1.05. The quantitative estimate of drug-likeness (QED) is 0.841. The number of anilines is 1. The van der Waals surface area contributed by atoms with Crippen LogP contribution in [-0.4, -0.2) is 18.0 Å². The third-order valence-electron chi connectivity index (χ3n) is 2.87. The number of imidazole rings is 1. The summed E-state index contributed by atoms with van der Waals surface area (Å²) < 4.78 is 29.7. The molecule has 0 radical (unpaired) electrons. The van der Waals surface area contributed by atoms with E-state index in [9.17, 15) is 8.42 Å².